The van der Waals surface area contributed by atoms with Gasteiger partial charge in [0.2, 0.25) is 0 Å². The molecule has 1 aromatic heterocycles. The Bertz CT molecular complexity index is 843. The summed E-state index contributed by atoms with van der Waals surface area (Å²) in [6.07, 6.45) is 0. The second-order valence-corrected chi connectivity index (χ2v) is 7.61. The van der Waals surface area contributed by atoms with E-state index in [1.807, 2.05) is 49.9 Å². The number of urea groups is 1. The van der Waals surface area contributed by atoms with Crippen LogP contribution in [0.3, 0.4) is 0 Å². The molecule has 0 bridgehead atoms. The van der Waals surface area contributed by atoms with Crippen LogP contribution in [0.15, 0.2) is 24.3 Å². The quantitative estimate of drug-likeness (QED) is 0.827. The summed E-state index contributed by atoms with van der Waals surface area (Å²) in [4.78, 5) is 26.0. The lowest BCUT2D eigenvalue weighted by Gasteiger charge is -2.36. The molecule has 29 heavy (non-hydrogen) atoms. The molecule has 0 spiro atoms. The van der Waals surface area contributed by atoms with Crippen molar-refractivity contribution in [1.82, 2.24) is 14.9 Å². The molecule has 2 aromatic rings. The van der Waals surface area contributed by atoms with Gasteiger partial charge in [0.05, 0.1) is 6.61 Å². The summed E-state index contributed by atoms with van der Waals surface area (Å²) in [7, 11) is 0. The molecule has 1 saturated heterocycles. The van der Waals surface area contributed by atoms with E-state index in [4.69, 9.17) is 9.72 Å². The Morgan fingerprint density at radius 3 is 2.34 bits per heavy atom. The first-order valence-corrected chi connectivity index (χ1v) is 10.3. The van der Waals surface area contributed by atoms with E-state index in [-0.39, 0.29) is 6.03 Å². The van der Waals surface area contributed by atoms with E-state index in [9.17, 15) is 4.79 Å². The summed E-state index contributed by atoms with van der Waals surface area (Å²) in [5.74, 6) is 2.95. The molecule has 1 fully saturated rings. The minimum atomic E-state index is -0.0760. The molecule has 7 nitrogen and oxygen atoms in total. The number of rotatable bonds is 5. The summed E-state index contributed by atoms with van der Waals surface area (Å²) in [6, 6.07) is 7.38. The predicted molar refractivity (Wildman–Crippen MR) is 116 cm³/mol. The first-order chi connectivity index (χ1) is 13.9. The van der Waals surface area contributed by atoms with E-state index in [2.05, 4.69) is 29.0 Å². The molecule has 1 aromatic carbocycles. The van der Waals surface area contributed by atoms with Crippen molar-refractivity contribution < 1.29 is 9.53 Å². The van der Waals surface area contributed by atoms with Crippen molar-refractivity contribution in [2.75, 3.05) is 43.0 Å². The van der Waals surface area contributed by atoms with Crippen LogP contribution in [0.1, 0.15) is 43.8 Å². The largest absolute Gasteiger partial charge is 0.494 e. The van der Waals surface area contributed by atoms with Gasteiger partial charge in [-0.3, -0.25) is 0 Å². The van der Waals surface area contributed by atoms with Crippen LogP contribution in [-0.2, 0) is 0 Å². The summed E-state index contributed by atoms with van der Waals surface area (Å²) < 4.78 is 5.44. The number of aromatic nitrogens is 2. The number of carbonyl (C=O) groups is 1. The van der Waals surface area contributed by atoms with Gasteiger partial charge in [-0.1, -0.05) is 13.8 Å². The second kappa shape index (κ2) is 9.11. The summed E-state index contributed by atoms with van der Waals surface area (Å²) in [6.45, 7) is 13.7. The van der Waals surface area contributed by atoms with Crippen molar-refractivity contribution in [2.24, 2.45) is 0 Å². The van der Waals surface area contributed by atoms with Crippen LogP contribution >= 0.6 is 0 Å². The van der Waals surface area contributed by atoms with Crippen molar-refractivity contribution in [3.8, 4) is 5.75 Å². The smallest absolute Gasteiger partial charge is 0.321 e. The Morgan fingerprint density at radius 1 is 1.10 bits per heavy atom. The van der Waals surface area contributed by atoms with Gasteiger partial charge in [-0.25, -0.2) is 14.8 Å². The first kappa shape index (κ1) is 20.9. The summed E-state index contributed by atoms with van der Waals surface area (Å²) >= 11 is 0. The highest BCUT2D eigenvalue weighted by Crippen LogP contribution is 2.29. The Hall–Kier alpha value is -2.83. The van der Waals surface area contributed by atoms with Crippen LogP contribution in [0.5, 0.6) is 5.75 Å². The van der Waals surface area contributed by atoms with Crippen LogP contribution < -0.4 is 15.0 Å². The molecule has 2 heterocycles. The zero-order valence-electron chi connectivity index (χ0n) is 18.0. The molecule has 1 aliphatic rings. The van der Waals surface area contributed by atoms with Crippen LogP contribution in [-0.4, -0.2) is 53.7 Å². The van der Waals surface area contributed by atoms with E-state index in [0.717, 1.165) is 41.9 Å². The molecule has 0 atom stereocenters. The highest BCUT2D eigenvalue weighted by molar-refractivity contribution is 5.89. The van der Waals surface area contributed by atoms with Gasteiger partial charge in [-0.05, 0) is 51.0 Å². The van der Waals surface area contributed by atoms with Crippen molar-refractivity contribution in [1.29, 1.82) is 0 Å². The fourth-order valence-electron chi connectivity index (χ4n) is 3.75. The number of nitrogens with zero attached hydrogens (tertiary/aromatic N) is 4. The van der Waals surface area contributed by atoms with Gasteiger partial charge in [0.1, 0.15) is 17.4 Å². The molecule has 2 amide bonds. The SMILES string of the molecule is CCOc1ccc(NC(=O)N2CCN(c3nc(C)nc(C)c3C(C)C)CC2)cc1. The highest BCUT2D eigenvalue weighted by Gasteiger charge is 2.25. The first-order valence-electron chi connectivity index (χ1n) is 10.3. The van der Waals surface area contributed by atoms with Gasteiger partial charge in [0.15, 0.2) is 0 Å². The average molecular weight is 398 g/mol. The standard InChI is InChI=1S/C22H31N5O2/c1-6-29-19-9-7-18(8-10-19)25-22(28)27-13-11-26(12-14-27)21-20(15(2)3)16(4)23-17(5)24-21/h7-10,15H,6,11-14H2,1-5H3,(H,25,28). The lowest BCUT2D eigenvalue weighted by atomic mass is 10.0. The van der Waals surface area contributed by atoms with Crippen molar-refractivity contribution in [2.45, 2.75) is 40.5 Å². The van der Waals surface area contributed by atoms with E-state index in [1.165, 1.54) is 5.56 Å². The lowest BCUT2D eigenvalue weighted by Crippen LogP contribution is -2.50. The number of anilines is 2. The third-order valence-electron chi connectivity index (χ3n) is 5.09. The van der Waals surface area contributed by atoms with E-state index in [1.54, 1.807) is 0 Å². The number of piperazine rings is 1. The number of benzene rings is 1. The maximum Gasteiger partial charge on any atom is 0.321 e. The number of hydrogen-bond donors (Lipinski definition) is 1. The molecule has 1 aliphatic heterocycles. The second-order valence-electron chi connectivity index (χ2n) is 7.61. The zero-order valence-corrected chi connectivity index (χ0v) is 18.0. The van der Waals surface area contributed by atoms with E-state index >= 15 is 0 Å². The molecular weight excluding hydrogens is 366 g/mol. The Balaban J connectivity index is 1.62. The normalized spacial score (nSPS) is 14.3. The molecule has 0 saturated carbocycles. The Kier molecular flexibility index (Phi) is 6.56. The molecule has 0 radical (unpaired) electrons. The molecule has 7 heteroatoms. The number of amides is 2. The maximum absolute atomic E-state index is 12.6. The van der Waals surface area contributed by atoms with Gasteiger partial charge in [-0.15, -0.1) is 0 Å². The molecule has 156 valence electrons. The average Bonchev–Trinajstić information content (AvgIpc) is 2.69. The minimum absolute atomic E-state index is 0.0760. The van der Waals surface area contributed by atoms with Gasteiger partial charge in [0.25, 0.3) is 0 Å². The lowest BCUT2D eigenvalue weighted by molar-refractivity contribution is 0.208. The van der Waals surface area contributed by atoms with Gasteiger partial charge in [0, 0.05) is 43.1 Å². The fraction of sp³-hybridized carbons (Fsp3) is 0.500. The van der Waals surface area contributed by atoms with Gasteiger partial charge in [-0.2, -0.15) is 0 Å². The molecular formula is C22H31N5O2. The Labute approximate surface area is 173 Å². The fourth-order valence-corrected chi connectivity index (χ4v) is 3.75. The molecule has 3 rings (SSSR count). The number of nitrogens with one attached hydrogen (secondary N) is 1. The predicted octanol–water partition coefficient (Wildman–Crippen LogP) is 3.97. The highest BCUT2D eigenvalue weighted by atomic mass is 16.5. The number of ether oxygens (including phenoxy) is 1. The van der Waals surface area contributed by atoms with Gasteiger partial charge >= 0.3 is 6.03 Å². The van der Waals surface area contributed by atoms with Crippen molar-refractivity contribution >= 4 is 17.5 Å². The minimum Gasteiger partial charge on any atom is -0.494 e. The van der Waals surface area contributed by atoms with Crippen LogP contribution in [0.2, 0.25) is 0 Å². The van der Waals surface area contributed by atoms with Crippen molar-refractivity contribution in [3.63, 3.8) is 0 Å². The zero-order chi connectivity index (χ0) is 21.0. The monoisotopic (exact) mass is 397 g/mol. The third-order valence-corrected chi connectivity index (χ3v) is 5.09. The number of carbonyl (C=O) groups excluding carboxylic acids is 1. The summed E-state index contributed by atoms with van der Waals surface area (Å²) in [5, 5.41) is 2.97. The Morgan fingerprint density at radius 2 is 1.76 bits per heavy atom. The van der Waals surface area contributed by atoms with Crippen LogP contribution in [0.4, 0.5) is 16.3 Å². The third kappa shape index (κ3) is 4.96. The molecule has 0 aliphatic carbocycles. The molecule has 1 N–H and O–H groups in total. The van der Waals surface area contributed by atoms with E-state index < -0.39 is 0 Å². The maximum atomic E-state index is 12.6. The van der Waals surface area contributed by atoms with Crippen LogP contribution in [0.25, 0.3) is 0 Å². The molecule has 0 unspecified atom stereocenters. The number of aryl methyl sites for hydroxylation is 2. The summed E-state index contributed by atoms with van der Waals surface area (Å²) in [5.41, 5.74) is 3.01. The topological polar surface area (TPSA) is 70.6 Å². The van der Waals surface area contributed by atoms with Crippen LogP contribution in [0, 0.1) is 13.8 Å². The number of hydrogen-bond acceptors (Lipinski definition) is 5. The van der Waals surface area contributed by atoms with Crippen molar-refractivity contribution in [3.05, 3.63) is 41.3 Å². The van der Waals surface area contributed by atoms with E-state index in [0.29, 0.717) is 25.6 Å². The van der Waals surface area contributed by atoms with Gasteiger partial charge < -0.3 is 19.9 Å².